The summed E-state index contributed by atoms with van der Waals surface area (Å²) in [5.41, 5.74) is 0. The average Bonchev–Trinajstić information content (AvgIpc) is 1.94. The highest BCUT2D eigenvalue weighted by molar-refractivity contribution is 6.18. The molecule has 0 spiro atoms. The van der Waals surface area contributed by atoms with E-state index in [1.165, 1.54) is 45.2 Å². The number of nitrogens with zero attached hydrogens (tertiary/aromatic N) is 1. The Labute approximate surface area is 86.9 Å². The molecule has 0 unspecified atom stereocenters. The molecule has 1 aliphatic heterocycles. The molecular weight excluding hydrogens is 193 g/mol. The molecule has 0 radical (unpaired) electrons. The second-order valence-corrected chi connectivity index (χ2v) is 3.68. The first kappa shape index (κ1) is 12.5. The summed E-state index contributed by atoms with van der Waals surface area (Å²) < 4.78 is 0. The van der Waals surface area contributed by atoms with Gasteiger partial charge in [-0.1, -0.05) is 19.3 Å². The Morgan fingerprint density at radius 1 is 0.917 bits per heavy atom. The standard InChI is InChI=1S/C9H18ClN.ClH/c10-6-9-11-7-4-2-1-3-5-8-11;/h1-9H2;1H. The van der Waals surface area contributed by atoms with E-state index in [9.17, 15) is 0 Å². The molecule has 0 aromatic heterocycles. The molecule has 0 aromatic rings. The van der Waals surface area contributed by atoms with E-state index >= 15 is 0 Å². The van der Waals surface area contributed by atoms with Crippen LogP contribution in [0.1, 0.15) is 32.1 Å². The van der Waals surface area contributed by atoms with E-state index in [4.69, 9.17) is 11.6 Å². The van der Waals surface area contributed by atoms with Crippen LogP contribution in [-0.4, -0.2) is 30.4 Å². The molecule has 1 heterocycles. The largest absolute Gasteiger partial charge is 0.302 e. The summed E-state index contributed by atoms with van der Waals surface area (Å²) in [7, 11) is 0. The monoisotopic (exact) mass is 211 g/mol. The van der Waals surface area contributed by atoms with Gasteiger partial charge in [0.25, 0.3) is 0 Å². The minimum absolute atomic E-state index is 0. The molecule has 3 heteroatoms. The Morgan fingerprint density at radius 2 is 1.42 bits per heavy atom. The Bertz CT molecular complexity index is 90.5. The highest BCUT2D eigenvalue weighted by Gasteiger charge is 2.05. The van der Waals surface area contributed by atoms with Crippen molar-refractivity contribution in [2.24, 2.45) is 0 Å². The number of hydrogen-bond donors (Lipinski definition) is 0. The van der Waals surface area contributed by atoms with E-state index in [0.717, 1.165) is 12.4 Å². The topological polar surface area (TPSA) is 3.24 Å². The third kappa shape index (κ3) is 5.23. The van der Waals surface area contributed by atoms with Crippen LogP contribution in [0, 0.1) is 0 Å². The second kappa shape index (κ2) is 8.15. The third-order valence-electron chi connectivity index (χ3n) is 2.35. The van der Waals surface area contributed by atoms with Gasteiger partial charge in [0.15, 0.2) is 0 Å². The lowest BCUT2D eigenvalue weighted by molar-refractivity contribution is 0.261. The fourth-order valence-corrected chi connectivity index (χ4v) is 1.90. The maximum Gasteiger partial charge on any atom is 0.0351 e. The van der Waals surface area contributed by atoms with Gasteiger partial charge in [-0.3, -0.25) is 0 Å². The van der Waals surface area contributed by atoms with Gasteiger partial charge in [0, 0.05) is 12.4 Å². The van der Waals surface area contributed by atoms with Crippen LogP contribution in [0.15, 0.2) is 0 Å². The van der Waals surface area contributed by atoms with E-state index in [-0.39, 0.29) is 12.4 Å². The lowest BCUT2D eigenvalue weighted by atomic mass is 10.1. The van der Waals surface area contributed by atoms with E-state index < -0.39 is 0 Å². The zero-order valence-corrected chi connectivity index (χ0v) is 9.17. The SMILES string of the molecule is Cl.ClCCN1CCCCCCC1. The molecule has 1 saturated heterocycles. The van der Waals surface area contributed by atoms with Gasteiger partial charge in [-0.25, -0.2) is 0 Å². The van der Waals surface area contributed by atoms with E-state index in [0.29, 0.717) is 0 Å². The third-order valence-corrected chi connectivity index (χ3v) is 2.52. The van der Waals surface area contributed by atoms with Crippen LogP contribution in [0.3, 0.4) is 0 Å². The van der Waals surface area contributed by atoms with E-state index in [1.54, 1.807) is 0 Å². The molecule has 1 aliphatic rings. The highest BCUT2D eigenvalue weighted by Crippen LogP contribution is 2.09. The number of alkyl halides is 1. The number of halogens is 2. The molecule has 0 saturated carbocycles. The Hall–Kier alpha value is 0.540. The number of likely N-dealkylation sites (tertiary alicyclic amines) is 1. The molecule has 74 valence electrons. The summed E-state index contributed by atoms with van der Waals surface area (Å²) >= 11 is 5.69. The summed E-state index contributed by atoms with van der Waals surface area (Å²) in [6.07, 6.45) is 7.01. The van der Waals surface area contributed by atoms with Crippen molar-refractivity contribution in [3.05, 3.63) is 0 Å². The van der Waals surface area contributed by atoms with Gasteiger partial charge >= 0.3 is 0 Å². The Kier molecular flexibility index (Phi) is 8.52. The first-order valence-electron chi connectivity index (χ1n) is 4.72. The zero-order chi connectivity index (χ0) is 7.94. The van der Waals surface area contributed by atoms with E-state index in [2.05, 4.69) is 4.90 Å². The van der Waals surface area contributed by atoms with Crippen molar-refractivity contribution < 1.29 is 0 Å². The van der Waals surface area contributed by atoms with Crippen LogP contribution in [-0.2, 0) is 0 Å². The van der Waals surface area contributed by atoms with Crippen molar-refractivity contribution in [3.8, 4) is 0 Å². The van der Waals surface area contributed by atoms with Gasteiger partial charge in [0.05, 0.1) is 0 Å². The summed E-state index contributed by atoms with van der Waals surface area (Å²) in [4.78, 5) is 2.49. The maximum absolute atomic E-state index is 5.69. The van der Waals surface area contributed by atoms with Gasteiger partial charge in [-0.15, -0.1) is 24.0 Å². The second-order valence-electron chi connectivity index (χ2n) is 3.30. The van der Waals surface area contributed by atoms with Crippen molar-refractivity contribution in [3.63, 3.8) is 0 Å². The minimum Gasteiger partial charge on any atom is -0.302 e. The molecule has 0 atom stereocenters. The Balaban J connectivity index is 0.00000121. The van der Waals surface area contributed by atoms with Crippen LogP contribution in [0.4, 0.5) is 0 Å². The van der Waals surface area contributed by atoms with Crippen LogP contribution in [0.5, 0.6) is 0 Å². The molecular formula is C9H19Cl2N. The molecule has 0 bridgehead atoms. The summed E-state index contributed by atoms with van der Waals surface area (Å²) in [5, 5.41) is 0. The summed E-state index contributed by atoms with van der Waals surface area (Å²) in [6.45, 7) is 3.63. The molecule has 0 aliphatic carbocycles. The normalized spacial score (nSPS) is 20.8. The van der Waals surface area contributed by atoms with Crippen molar-refractivity contribution in [1.82, 2.24) is 4.90 Å². The molecule has 1 fully saturated rings. The van der Waals surface area contributed by atoms with Crippen molar-refractivity contribution in [2.45, 2.75) is 32.1 Å². The summed E-state index contributed by atoms with van der Waals surface area (Å²) in [5.74, 6) is 0.792. The van der Waals surface area contributed by atoms with Gasteiger partial charge < -0.3 is 4.90 Å². The average molecular weight is 212 g/mol. The number of rotatable bonds is 2. The first-order valence-corrected chi connectivity index (χ1v) is 5.25. The van der Waals surface area contributed by atoms with Gasteiger partial charge in [-0.2, -0.15) is 0 Å². The zero-order valence-electron chi connectivity index (χ0n) is 7.60. The molecule has 0 amide bonds. The van der Waals surface area contributed by atoms with Gasteiger partial charge in [0.1, 0.15) is 0 Å². The van der Waals surface area contributed by atoms with Crippen LogP contribution >= 0.6 is 24.0 Å². The quantitative estimate of drug-likeness (QED) is 0.636. The maximum atomic E-state index is 5.69. The highest BCUT2D eigenvalue weighted by atomic mass is 35.5. The van der Waals surface area contributed by atoms with Crippen molar-refractivity contribution in [1.29, 1.82) is 0 Å². The lowest BCUT2D eigenvalue weighted by Crippen LogP contribution is -2.29. The smallest absolute Gasteiger partial charge is 0.0351 e. The van der Waals surface area contributed by atoms with Gasteiger partial charge in [-0.05, 0) is 25.9 Å². The van der Waals surface area contributed by atoms with Gasteiger partial charge in [0.2, 0.25) is 0 Å². The minimum atomic E-state index is 0. The molecule has 1 rings (SSSR count). The molecule has 1 nitrogen and oxygen atoms in total. The Morgan fingerprint density at radius 3 is 1.92 bits per heavy atom. The fraction of sp³-hybridized carbons (Fsp3) is 1.00. The van der Waals surface area contributed by atoms with Crippen molar-refractivity contribution >= 4 is 24.0 Å². The predicted molar refractivity (Wildman–Crippen MR) is 57.5 cm³/mol. The van der Waals surface area contributed by atoms with Crippen LogP contribution in [0.2, 0.25) is 0 Å². The lowest BCUT2D eigenvalue weighted by Gasteiger charge is -2.23. The van der Waals surface area contributed by atoms with Crippen molar-refractivity contribution in [2.75, 3.05) is 25.5 Å². The molecule has 0 aromatic carbocycles. The summed E-state index contributed by atoms with van der Waals surface area (Å²) in [6, 6.07) is 0. The number of hydrogen-bond acceptors (Lipinski definition) is 1. The predicted octanol–water partition coefficient (Wildman–Crippen LogP) is 2.91. The molecule has 12 heavy (non-hydrogen) atoms. The van der Waals surface area contributed by atoms with E-state index in [1.807, 2.05) is 0 Å². The van der Waals surface area contributed by atoms with Crippen LogP contribution < -0.4 is 0 Å². The fourth-order valence-electron chi connectivity index (χ4n) is 1.66. The first-order chi connectivity index (χ1) is 5.43. The van der Waals surface area contributed by atoms with Crippen LogP contribution in [0.25, 0.3) is 0 Å². The molecule has 0 N–H and O–H groups in total.